The van der Waals surface area contributed by atoms with Crippen LogP contribution in [0.15, 0.2) is 29.1 Å². The molecule has 0 aliphatic carbocycles. The van der Waals surface area contributed by atoms with Crippen LogP contribution in [-0.2, 0) is 0 Å². The second-order valence-corrected chi connectivity index (χ2v) is 6.33. The first kappa shape index (κ1) is 19.9. The number of carbonyl (C=O) groups excluding carboxylic acids is 1. The molecule has 152 valence electrons. The van der Waals surface area contributed by atoms with Gasteiger partial charge in [0.2, 0.25) is 5.95 Å². The molecule has 0 bridgehead atoms. The Bertz CT molecular complexity index is 1120. The average molecular weight is 398 g/mol. The Morgan fingerprint density at radius 1 is 1.07 bits per heavy atom. The summed E-state index contributed by atoms with van der Waals surface area (Å²) >= 11 is 0. The largest absolute Gasteiger partial charge is 0.493 e. The van der Waals surface area contributed by atoms with Gasteiger partial charge in [-0.25, -0.2) is 9.78 Å². The second kappa shape index (κ2) is 8.05. The van der Waals surface area contributed by atoms with Crippen LogP contribution in [0.1, 0.15) is 17.0 Å². The van der Waals surface area contributed by atoms with Gasteiger partial charge in [0.05, 0.1) is 19.9 Å². The number of methoxy groups -OCH3 is 2. The first-order valence-electron chi connectivity index (χ1n) is 8.77. The van der Waals surface area contributed by atoms with E-state index in [1.807, 2.05) is 0 Å². The minimum absolute atomic E-state index is 0.215. The van der Waals surface area contributed by atoms with Crippen LogP contribution >= 0.6 is 0 Å². The number of amides is 2. The van der Waals surface area contributed by atoms with Crippen LogP contribution in [0.4, 0.5) is 16.3 Å². The lowest BCUT2D eigenvalue weighted by molar-refractivity contribution is 0.262. The molecule has 0 atom stereocenters. The van der Waals surface area contributed by atoms with Crippen LogP contribution in [-0.4, -0.2) is 40.0 Å². The van der Waals surface area contributed by atoms with Gasteiger partial charge in [0.1, 0.15) is 5.82 Å². The average Bonchev–Trinajstić information content (AvgIpc) is 3.05. The summed E-state index contributed by atoms with van der Waals surface area (Å²) in [4.78, 5) is 31.6. The summed E-state index contributed by atoms with van der Waals surface area (Å²) in [5.74, 6) is 1.61. The van der Waals surface area contributed by atoms with Gasteiger partial charge in [-0.2, -0.15) is 9.78 Å². The van der Waals surface area contributed by atoms with Gasteiger partial charge in [0, 0.05) is 29.1 Å². The molecule has 2 amide bonds. The van der Waals surface area contributed by atoms with Crippen LogP contribution in [0.2, 0.25) is 0 Å². The number of urea groups is 1. The number of ether oxygens (including phenoxy) is 2. The summed E-state index contributed by atoms with van der Waals surface area (Å²) in [6, 6.07) is 6.19. The van der Waals surface area contributed by atoms with Gasteiger partial charge in [-0.05, 0) is 32.9 Å². The van der Waals surface area contributed by atoms with Crippen molar-refractivity contribution in [1.82, 2.24) is 19.7 Å². The number of hydrogen-bond donors (Lipinski definition) is 3. The number of aromatic amines is 1. The van der Waals surface area contributed by atoms with E-state index in [0.29, 0.717) is 40.0 Å². The van der Waals surface area contributed by atoms with Crippen molar-refractivity contribution in [3.8, 4) is 17.4 Å². The van der Waals surface area contributed by atoms with Crippen LogP contribution < -0.4 is 25.7 Å². The van der Waals surface area contributed by atoms with Crippen LogP contribution in [0.5, 0.6) is 11.5 Å². The highest BCUT2D eigenvalue weighted by molar-refractivity contribution is 5.99. The highest BCUT2D eigenvalue weighted by atomic mass is 16.5. The predicted molar refractivity (Wildman–Crippen MR) is 108 cm³/mol. The number of rotatable bonds is 5. The smallest absolute Gasteiger partial charge is 0.324 e. The molecule has 3 N–H and O–H groups in total. The monoisotopic (exact) mass is 398 g/mol. The maximum Gasteiger partial charge on any atom is 0.324 e. The molecule has 0 radical (unpaired) electrons. The Morgan fingerprint density at radius 3 is 2.45 bits per heavy atom. The molecule has 0 aliphatic rings. The van der Waals surface area contributed by atoms with Crippen molar-refractivity contribution in [3.05, 3.63) is 51.6 Å². The van der Waals surface area contributed by atoms with E-state index in [0.717, 1.165) is 0 Å². The van der Waals surface area contributed by atoms with E-state index in [2.05, 4.69) is 25.7 Å². The van der Waals surface area contributed by atoms with E-state index in [4.69, 9.17) is 9.47 Å². The van der Waals surface area contributed by atoms with Crippen molar-refractivity contribution in [2.75, 3.05) is 24.9 Å². The molecule has 3 rings (SSSR count). The quantitative estimate of drug-likeness (QED) is 0.607. The standard InChI is InChI=1S/C19H22N6O4/c1-10-8-16(25(24-10)18-20-12(3)11(2)17(26)23-18)22-19(27)21-13-6-7-14(28-4)15(9-13)29-5/h6-9H,1-5H3,(H,20,23,26)(H2,21,22,27). The first-order valence-corrected chi connectivity index (χ1v) is 8.77. The number of H-pyrrole nitrogens is 1. The zero-order valence-electron chi connectivity index (χ0n) is 16.8. The van der Waals surface area contributed by atoms with E-state index in [1.54, 1.807) is 45.0 Å². The number of anilines is 2. The van der Waals surface area contributed by atoms with E-state index < -0.39 is 6.03 Å². The normalized spacial score (nSPS) is 10.5. The molecule has 1 aromatic carbocycles. The summed E-state index contributed by atoms with van der Waals surface area (Å²) in [6.07, 6.45) is 0. The number of nitrogens with zero attached hydrogens (tertiary/aromatic N) is 3. The lowest BCUT2D eigenvalue weighted by Gasteiger charge is -2.12. The lowest BCUT2D eigenvalue weighted by atomic mass is 10.3. The SMILES string of the molecule is COc1ccc(NC(=O)Nc2cc(C)nn2-c2nc(C)c(C)c(=O)[nH]2)cc1OC. The minimum atomic E-state index is -0.496. The minimum Gasteiger partial charge on any atom is -0.493 e. The zero-order valence-corrected chi connectivity index (χ0v) is 16.8. The molecule has 0 saturated heterocycles. The highest BCUT2D eigenvalue weighted by Gasteiger charge is 2.15. The molecule has 10 nitrogen and oxygen atoms in total. The van der Waals surface area contributed by atoms with Crippen molar-refractivity contribution in [1.29, 1.82) is 0 Å². The van der Waals surface area contributed by atoms with Gasteiger partial charge in [0.15, 0.2) is 11.5 Å². The third kappa shape index (κ3) is 4.21. The molecule has 0 spiro atoms. The maximum absolute atomic E-state index is 12.5. The van der Waals surface area contributed by atoms with E-state index in [9.17, 15) is 9.59 Å². The summed E-state index contributed by atoms with van der Waals surface area (Å²) in [5.41, 5.74) is 2.00. The Balaban J connectivity index is 1.84. The number of carbonyl (C=O) groups is 1. The van der Waals surface area contributed by atoms with Gasteiger partial charge in [0.25, 0.3) is 5.56 Å². The molecule has 2 aromatic heterocycles. The van der Waals surface area contributed by atoms with Gasteiger partial charge >= 0.3 is 6.03 Å². The molecule has 2 heterocycles. The van der Waals surface area contributed by atoms with Crippen molar-refractivity contribution >= 4 is 17.5 Å². The maximum atomic E-state index is 12.5. The van der Waals surface area contributed by atoms with Crippen molar-refractivity contribution in [3.63, 3.8) is 0 Å². The number of hydrogen-bond acceptors (Lipinski definition) is 6. The molecule has 3 aromatic rings. The molecule has 10 heteroatoms. The van der Waals surface area contributed by atoms with E-state index in [-0.39, 0.29) is 11.5 Å². The van der Waals surface area contributed by atoms with Crippen LogP contribution in [0.25, 0.3) is 5.95 Å². The molecule has 0 aliphatic heterocycles. The first-order chi connectivity index (χ1) is 13.8. The van der Waals surface area contributed by atoms with E-state index in [1.165, 1.54) is 18.9 Å². The van der Waals surface area contributed by atoms with Crippen molar-refractivity contribution < 1.29 is 14.3 Å². The topological polar surface area (TPSA) is 123 Å². The summed E-state index contributed by atoms with van der Waals surface area (Å²) < 4.78 is 11.8. The fourth-order valence-electron chi connectivity index (χ4n) is 2.67. The molecule has 0 fully saturated rings. The number of aromatic nitrogens is 4. The van der Waals surface area contributed by atoms with Crippen molar-refractivity contribution in [2.45, 2.75) is 20.8 Å². The third-order valence-electron chi connectivity index (χ3n) is 4.30. The fraction of sp³-hybridized carbons (Fsp3) is 0.263. The number of aryl methyl sites for hydroxylation is 2. The third-order valence-corrected chi connectivity index (χ3v) is 4.30. The fourth-order valence-corrected chi connectivity index (χ4v) is 2.67. The molecule has 29 heavy (non-hydrogen) atoms. The zero-order chi connectivity index (χ0) is 21.1. The van der Waals surface area contributed by atoms with Gasteiger partial charge in [-0.1, -0.05) is 0 Å². The van der Waals surface area contributed by atoms with Crippen molar-refractivity contribution in [2.24, 2.45) is 0 Å². The second-order valence-electron chi connectivity index (χ2n) is 6.33. The Morgan fingerprint density at radius 2 is 1.79 bits per heavy atom. The summed E-state index contributed by atoms with van der Waals surface area (Å²) in [7, 11) is 3.05. The summed E-state index contributed by atoms with van der Waals surface area (Å²) in [5, 5.41) is 9.74. The Labute approximate surface area is 166 Å². The molecule has 0 saturated carbocycles. The van der Waals surface area contributed by atoms with E-state index >= 15 is 0 Å². The molecular weight excluding hydrogens is 376 g/mol. The van der Waals surface area contributed by atoms with Gasteiger partial charge in [-0.3, -0.25) is 15.1 Å². The lowest BCUT2D eigenvalue weighted by Crippen LogP contribution is -2.23. The Hall–Kier alpha value is -3.82. The predicted octanol–water partition coefficient (Wildman–Crippen LogP) is 2.54. The van der Waals surface area contributed by atoms with Crippen LogP contribution in [0.3, 0.4) is 0 Å². The number of nitrogens with one attached hydrogen (secondary N) is 3. The van der Waals surface area contributed by atoms with Gasteiger partial charge in [-0.15, -0.1) is 0 Å². The molecule has 0 unspecified atom stereocenters. The Kier molecular flexibility index (Phi) is 5.53. The van der Waals surface area contributed by atoms with Gasteiger partial charge < -0.3 is 14.8 Å². The number of benzene rings is 1. The molecular formula is C19H22N6O4. The highest BCUT2D eigenvalue weighted by Crippen LogP contribution is 2.29. The summed E-state index contributed by atoms with van der Waals surface area (Å²) in [6.45, 7) is 5.20. The van der Waals surface area contributed by atoms with Crippen LogP contribution in [0, 0.1) is 20.8 Å².